The predicted molar refractivity (Wildman–Crippen MR) is 106 cm³/mol. The third-order valence-corrected chi connectivity index (χ3v) is 6.34. The van der Waals surface area contributed by atoms with Crippen LogP contribution in [0, 0.1) is 0 Å². The molecular weight excluding hydrogens is 338 g/mol. The zero-order valence-corrected chi connectivity index (χ0v) is 16.4. The van der Waals surface area contributed by atoms with Crippen LogP contribution in [0.25, 0.3) is 0 Å². The zero-order valence-electron chi connectivity index (χ0n) is 16.4. The largest absolute Gasteiger partial charge is 0.341 e. The van der Waals surface area contributed by atoms with Crippen molar-refractivity contribution in [1.82, 2.24) is 14.7 Å². The SMILES string of the molecule is CC(C(=O)N1CCCC1)N1CCN(C(=O)Cc2cccc(C3CC3)c2)CC1. The van der Waals surface area contributed by atoms with Gasteiger partial charge >= 0.3 is 0 Å². The van der Waals surface area contributed by atoms with Gasteiger partial charge in [0.05, 0.1) is 12.5 Å². The second kappa shape index (κ2) is 8.01. The molecule has 2 aliphatic heterocycles. The highest BCUT2D eigenvalue weighted by atomic mass is 16.2. The fourth-order valence-corrected chi connectivity index (χ4v) is 4.38. The highest BCUT2D eigenvalue weighted by molar-refractivity contribution is 5.82. The van der Waals surface area contributed by atoms with Gasteiger partial charge in [-0.3, -0.25) is 14.5 Å². The minimum Gasteiger partial charge on any atom is -0.341 e. The van der Waals surface area contributed by atoms with Crippen molar-refractivity contribution in [3.05, 3.63) is 35.4 Å². The smallest absolute Gasteiger partial charge is 0.239 e. The molecule has 27 heavy (non-hydrogen) atoms. The lowest BCUT2D eigenvalue weighted by Gasteiger charge is -2.38. The van der Waals surface area contributed by atoms with E-state index in [2.05, 4.69) is 29.2 Å². The Kier molecular flexibility index (Phi) is 5.48. The first kappa shape index (κ1) is 18.5. The molecule has 3 fully saturated rings. The topological polar surface area (TPSA) is 43.9 Å². The first-order valence-electron chi connectivity index (χ1n) is 10.5. The molecule has 2 saturated heterocycles. The van der Waals surface area contributed by atoms with Crippen molar-refractivity contribution in [1.29, 1.82) is 0 Å². The fraction of sp³-hybridized carbons (Fsp3) is 0.636. The number of carbonyl (C=O) groups excluding carboxylic acids is 2. The van der Waals surface area contributed by atoms with Gasteiger partial charge in [0, 0.05) is 39.3 Å². The molecule has 0 bridgehead atoms. The van der Waals surface area contributed by atoms with Crippen LogP contribution in [0.5, 0.6) is 0 Å². The van der Waals surface area contributed by atoms with Gasteiger partial charge in [0.15, 0.2) is 0 Å². The lowest BCUT2D eigenvalue weighted by molar-refractivity contribution is -0.137. The zero-order chi connectivity index (χ0) is 18.8. The lowest BCUT2D eigenvalue weighted by Crippen LogP contribution is -2.55. The number of benzene rings is 1. The summed E-state index contributed by atoms with van der Waals surface area (Å²) in [6.45, 7) is 6.84. The molecule has 1 saturated carbocycles. The van der Waals surface area contributed by atoms with Crippen LogP contribution < -0.4 is 0 Å². The summed E-state index contributed by atoms with van der Waals surface area (Å²) in [5.74, 6) is 1.18. The number of amides is 2. The Balaban J connectivity index is 1.27. The van der Waals surface area contributed by atoms with Gasteiger partial charge in [-0.15, -0.1) is 0 Å². The Hall–Kier alpha value is -1.88. The van der Waals surface area contributed by atoms with E-state index >= 15 is 0 Å². The van der Waals surface area contributed by atoms with Crippen LogP contribution in [0.3, 0.4) is 0 Å². The first-order valence-corrected chi connectivity index (χ1v) is 10.5. The summed E-state index contributed by atoms with van der Waals surface area (Å²) in [5.41, 5.74) is 2.52. The molecule has 5 nitrogen and oxygen atoms in total. The molecule has 2 heterocycles. The summed E-state index contributed by atoms with van der Waals surface area (Å²) in [6, 6.07) is 8.47. The van der Waals surface area contributed by atoms with Crippen LogP contribution in [0.15, 0.2) is 24.3 Å². The van der Waals surface area contributed by atoms with Crippen molar-refractivity contribution in [2.75, 3.05) is 39.3 Å². The van der Waals surface area contributed by atoms with Gasteiger partial charge in [0.25, 0.3) is 0 Å². The number of likely N-dealkylation sites (tertiary alicyclic amines) is 1. The Morgan fingerprint density at radius 1 is 1.00 bits per heavy atom. The highest BCUT2D eigenvalue weighted by Gasteiger charge is 2.31. The molecule has 5 heteroatoms. The molecule has 0 aromatic heterocycles. The number of hydrogen-bond donors (Lipinski definition) is 0. The van der Waals surface area contributed by atoms with E-state index in [1.54, 1.807) is 0 Å². The summed E-state index contributed by atoms with van der Waals surface area (Å²) in [7, 11) is 0. The van der Waals surface area contributed by atoms with Gasteiger partial charge in [0.1, 0.15) is 0 Å². The average Bonchev–Trinajstić information content (AvgIpc) is 3.41. The molecule has 0 spiro atoms. The second-order valence-electron chi connectivity index (χ2n) is 8.32. The van der Waals surface area contributed by atoms with Gasteiger partial charge in [0.2, 0.25) is 11.8 Å². The molecule has 4 rings (SSSR count). The monoisotopic (exact) mass is 369 g/mol. The van der Waals surface area contributed by atoms with E-state index in [1.807, 2.05) is 16.7 Å². The second-order valence-corrected chi connectivity index (χ2v) is 8.32. The fourth-order valence-electron chi connectivity index (χ4n) is 4.38. The molecule has 146 valence electrons. The molecule has 1 unspecified atom stereocenters. The van der Waals surface area contributed by atoms with Gasteiger partial charge in [-0.2, -0.15) is 0 Å². The number of rotatable bonds is 5. The summed E-state index contributed by atoms with van der Waals surface area (Å²) in [5, 5.41) is 0. The van der Waals surface area contributed by atoms with Crippen LogP contribution in [0.4, 0.5) is 0 Å². The van der Waals surface area contributed by atoms with Gasteiger partial charge in [-0.25, -0.2) is 0 Å². The van der Waals surface area contributed by atoms with E-state index in [-0.39, 0.29) is 17.9 Å². The summed E-state index contributed by atoms with van der Waals surface area (Å²) >= 11 is 0. The molecule has 1 aliphatic carbocycles. The standard InChI is InChI=1S/C22H31N3O2/c1-17(22(27)25-9-2-3-10-25)23-11-13-24(14-12-23)21(26)16-18-5-4-6-20(15-18)19-7-8-19/h4-6,15,17,19H,2-3,7-14,16H2,1H3. The van der Waals surface area contributed by atoms with E-state index < -0.39 is 0 Å². The van der Waals surface area contributed by atoms with Crippen molar-refractivity contribution in [3.8, 4) is 0 Å². The molecule has 1 atom stereocenters. The van der Waals surface area contributed by atoms with Crippen molar-refractivity contribution in [3.63, 3.8) is 0 Å². The van der Waals surface area contributed by atoms with Crippen molar-refractivity contribution < 1.29 is 9.59 Å². The maximum atomic E-state index is 12.7. The Labute approximate surface area is 162 Å². The van der Waals surface area contributed by atoms with Crippen LogP contribution in [-0.2, 0) is 16.0 Å². The first-order chi connectivity index (χ1) is 13.1. The average molecular weight is 370 g/mol. The van der Waals surface area contributed by atoms with E-state index in [9.17, 15) is 9.59 Å². The summed E-state index contributed by atoms with van der Waals surface area (Å²) in [6.07, 6.45) is 5.32. The minimum absolute atomic E-state index is 0.0735. The van der Waals surface area contributed by atoms with Gasteiger partial charge in [-0.1, -0.05) is 24.3 Å². The van der Waals surface area contributed by atoms with Crippen LogP contribution in [-0.4, -0.2) is 71.8 Å². The summed E-state index contributed by atoms with van der Waals surface area (Å²) < 4.78 is 0. The number of hydrogen-bond acceptors (Lipinski definition) is 3. The highest BCUT2D eigenvalue weighted by Crippen LogP contribution is 2.40. The van der Waals surface area contributed by atoms with E-state index in [4.69, 9.17) is 0 Å². The van der Waals surface area contributed by atoms with E-state index in [1.165, 1.54) is 18.4 Å². The molecule has 1 aromatic rings. The van der Waals surface area contributed by atoms with Gasteiger partial charge in [-0.05, 0) is 49.7 Å². The molecule has 1 aromatic carbocycles. The molecular formula is C22H31N3O2. The maximum Gasteiger partial charge on any atom is 0.239 e. The van der Waals surface area contributed by atoms with E-state index in [0.29, 0.717) is 6.42 Å². The third kappa shape index (κ3) is 4.34. The van der Waals surface area contributed by atoms with Gasteiger partial charge < -0.3 is 9.80 Å². The molecule has 2 amide bonds. The van der Waals surface area contributed by atoms with E-state index in [0.717, 1.165) is 63.6 Å². The predicted octanol–water partition coefficient (Wildman–Crippen LogP) is 2.26. The number of piperazine rings is 1. The van der Waals surface area contributed by atoms with Crippen LogP contribution in [0.1, 0.15) is 49.7 Å². The third-order valence-electron chi connectivity index (χ3n) is 6.34. The maximum absolute atomic E-state index is 12.7. The Bertz CT molecular complexity index is 687. The summed E-state index contributed by atoms with van der Waals surface area (Å²) in [4.78, 5) is 31.5. The molecule has 0 radical (unpaired) electrons. The van der Waals surface area contributed by atoms with Crippen LogP contribution >= 0.6 is 0 Å². The molecule has 3 aliphatic rings. The lowest BCUT2D eigenvalue weighted by atomic mass is 10.0. The Morgan fingerprint density at radius 2 is 1.70 bits per heavy atom. The normalized spacial score (nSPS) is 22.1. The number of carbonyl (C=O) groups is 2. The quantitative estimate of drug-likeness (QED) is 0.800. The molecule has 0 N–H and O–H groups in total. The van der Waals surface area contributed by atoms with Crippen LogP contribution in [0.2, 0.25) is 0 Å². The number of nitrogens with zero attached hydrogens (tertiary/aromatic N) is 3. The minimum atomic E-state index is -0.0735. The Morgan fingerprint density at radius 3 is 2.37 bits per heavy atom. The van der Waals surface area contributed by atoms with Crippen molar-refractivity contribution >= 4 is 11.8 Å². The van der Waals surface area contributed by atoms with Crippen molar-refractivity contribution in [2.45, 2.75) is 51.0 Å². The van der Waals surface area contributed by atoms with Crippen molar-refractivity contribution in [2.24, 2.45) is 0 Å².